The van der Waals surface area contributed by atoms with Crippen molar-refractivity contribution in [3.63, 3.8) is 0 Å². The van der Waals surface area contributed by atoms with E-state index in [4.69, 9.17) is 14.2 Å². The van der Waals surface area contributed by atoms with Crippen LogP contribution in [0.3, 0.4) is 0 Å². The normalized spacial score (nSPS) is 12.0. The molecular formula is C22H23NO3S. The molecule has 0 saturated heterocycles. The molecule has 1 aromatic heterocycles. The molecule has 0 aliphatic carbocycles. The fourth-order valence-electron chi connectivity index (χ4n) is 3.13. The third kappa shape index (κ3) is 3.72. The summed E-state index contributed by atoms with van der Waals surface area (Å²) in [6, 6.07) is 16.4. The number of likely N-dealkylation sites (N-methyl/N-ethyl adjacent to an activating group) is 1. The molecular weight excluding hydrogens is 358 g/mol. The predicted molar refractivity (Wildman–Crippen MR) is 110 cm³/mol. The molecule has 0 N–H and O–H groups in total. The SMILES string of the molecule is COc1ccc2c(c1)Oc1ccccc1-c1cc(COCCN(C)C)sc1-2. The van der Waals surface area contributed by atoms with Crippen molar-refractivity contribution in [3.8, 4) is 38.8 Å². The van der Waals surface area contributed by atoms with Crippen molar-refractivity contribution in [1.29, 1.82) is 0 Å². The fourth-order valence-corrected chi connectivity index (χ4v) is 4.27. The maximum absolute atomic E-state index is 6.24. The van der Waals surface area contributed by atoms with E-state index in [1.54, 1.807) is 18.4 Å². The fraction of sp³-hybridized carbons (Fsp3) is 0.273. The summed E-state index contributed by atoms with van der Waals surface area (Å²) in [5, 5.41) is 0. The number of thiophene rings is 1. The van der Waals surface area contributed by atoms with Crippen LogP contribution >= 0.6 is 11.3 Å². The first-order chi connectivity index (χ1) is 13.2. The third-order valence-corrected chi connectivity index (χ3v) is 5.68. The van der Waals surface area contributed by atoms with Crippen molar-refractivity contribution in [2.75, 3.05) is 34.4 Å². The zero-order valence-corrected chi connectivity index (χ0v) is 16.6. The largest absolute Gasteiger partial charge is 0.497 e. The highest BCUT2D eigenvalue weighted by Crippen LogP contribution is 2.50. The number of methoxy groups -OCH3 is 1. The van der Waals surface area contributed by atoms with Gasteiger partial charge in [-0.2, -0.15) is 0 Å². The van der Waals surface area contributed by atoms with Gasteiger partial charge in [-0.05, 0) is 38.4 Å². The van der Waals surface area contributed by atoms with Gasteiger partial charge in [0.05, 0.1) is 20.3 Å². The van der Waals surface area contributed by atoms with Crippen LogP contribution in [0.1, 0.15) is 4.88 Å². The van der Waals surface area contributed by atoms with Crippen molar-refractivity contribution < 1.29 is 14.2 Å². The van der Waals surface area contributed by atoms with E-state index in [0.717, 1.165) is 41.5 Å². The Hall–Kier alpha value is -2.34. The van der Waals surface area contributed by atoms with Gasteiger partial charge in [-0.3, -0.25) is 0 Å². The van der Waals surface area contributed by atoms with Gasteiger partial charge in [0, 0.05) is 39.1 Å². The number of benzene rings is 2. The summed E-state index contributed by atoms with van der Waals surface area (Å²) in [7, 11) is 5.78. The van der Waals surface area contributed by atoms with Crippen molar-refractivity contribution in [1.82, 2.24) is 4.90 Å². The van der Waals surface area contributed by atoms with Gasteiger partial charge in [-0.1, -0.05) is 18.2 Å². The number of hydrogen-bond acceptors (Lipinski definition) is 5. The second-order valence-electron chi connectivity index (χ2n) is 6.77. The molecule has 2 aromatic carbocycles. The molecule has 2 heterocycles. The number of rotatable bonds is 6. The van der Waals surface area contributed by atoms with Gasteiger partial charge in [0.1, 0.15) is 17.2 Å². The molecule has 0 radical (unpaired) electrons. The second-order valence-corrected chi connectivity index (χ2v) is 7.91. The van der Waals surface area contributed by atoms with E-state index in [-0.39, 0.29) is 0 Å². The molecule has 0 amide bonds. The number of hydrogen-bond donors (Lipinski definition) is 0. The Morgan fingerprint density at radius 1 is 0.963 bits per heavy atom. The smallest absolute Gasteiger partial charge is 0.139 e. The van der Waals surface area contributed by atoms with E-state index >= 15 is 0 Å². The van der Waals surface area contributed by atoms with Crippen molar-refractivity contribution >= 4 is 11.3 Å². The van der Waals surface area contributed by atoms with Gasteiger partial charge in [0.25, 0.3) is 0 Å². The first-order valence-electron chi connectivity index (χ1n) is 8.96. The molecule has 0 bridgehead atoms. The summed E-state index contributed by atoms with van der Waals surface area (Å²) in [6.07, 6.45) is 0. The minimum atomic E-state index is 0.625. The highest BCUT2D eigenvalue weighted by molar-refractivity contribution is 7.16. The average molecular weight is 381 g/mol. The Labute approximate surface area is 163 Å². The summed E-state index contributed by atoms with van der Waals surface area (Å²) in [5.41, 5.74) is 3.40. The van der Waals surface area contributed by atoms with Gasteiger partial charge < -0.3 is 19.1 Å². The van der Waals surface area contributed by atoms with Gasteiger partial charge in [-0.15, -0.1) is 11.3 Å². The standard InChI is InChI=1S/C22H23NO3S/c1-23(2)10-11-25-14-16-13-19-17-6-4-5-7-20(17)26-21-12-15(24-3)8-9-18(21)22(19)27-16/h4-9,12-13H,10-11,14H2,1-3H3. The lowest BCUT2D eigenvalue weighted by Gasteiger charge is -2.11. The van der Waals surface area contributed by atoms with Crippen LogP contribution in [0, 0.1) is 0 Å². The van der Waals surface area contributed by atoms with Crippen LogP contribution in [0.2, 0.25) is 0 Å². The van der Waals surface area contributed by atoms with Crippen LogP contribution in [0.25, 0.3) is 21.6 Å². The maximum atomic E-state index is 6.24. The summed E-state index contributed by atoms with van der Waals surface area (Å²) in [4.78, 5) is 4.56. The van der Waals surface area contributed by atoms with Gasteiger partial charge >= 0.3 is 0 Å². The molecule has 0 unspecified atom stereocenters. The summed E-state index contributed by atoms with van der Waals surface area (Å²) >= 11 is 1.77. The summed E-state index contributed by atoms with van der Waals surface area (Å²) in [6.45, 7) is 2.27. The predicted octanol–water partition coefficient (Wildman–Crippen LogP) is 5.27. The molecule has 0 atom stereocenters. The lowest BCUT2D eigenvalue weighted by Crippen LogP contribution is -2.17. The third-order valence-electron chi connectivity index (χ3n) is 4.54. The molecule has 27 heavy (non-hydrogen) atoms. The van der Waals surface area contributed by atoms with Crippen molar-refractivity contribution in [2.24, 2.45) is 0 Å². The lowest BCUT2D eigenvalue weighted by molar-refractivity contribution is 0.107. The first-order valence-corrected chi connectivity index (χ1v) is 9.78. The molecule has 5 heteroatoms. The Balaban J connectivity index is 1.73. The minimum Gasteiger partial charge on any atom is -0.497 e. The Kier molecular flexibility index (Phi) is 5.16. The Morgan fingerprint density at radius 3 is 2.63 bits per heavy atom. The van der Waals surface area contributed by atoms with Crippen LogP contribution in [0.5, 0.6) is 17.2 Å². The van der Waals surface area contributed by atoms with E-state index in [2.05, 4.69) is 37.2 Å². The van der Waals surface area contributed by atoms with Crippen LogP contribution in [-0.2, 0) is 11.3 Å². The summed E-state index contributed by atoms with van der Waals surface area (Å²) in [5.74, 6) is 2.48. The van der Waals surface area contributed by atoms with Crippen molar-refractivity contribution in [2.45, 2.75) is 6.61 Å². The molecule has 0 saturated carbocycles. The number of fused-ring (bicyclic) bond motifs is 5. The molecule has 4 rings (SSSR count). The van der Waals surface area contributed by atoms with E-state index in [0.29, 0.717) is 6.61 Å². The average Bonchev–Trinajstić information content (AvgIpc) is 3.04. The van der Waals surface area contributed by atoms with Crippen LogP contribution in [0.15, 0.2) is 48.5 Å². The Morgan fingerprint density at radius 2 is 1.81 bits per heavy atom. The molecule has 1 aliphatic rings. The number of para-hydroxylation sites is 1. The van der Waals surface area contributed by atoms with Gasteiger partial charge in [-0.25, -0.2) is 0 Å². The van der Waals surface area contributed by atoms with E-state index in [1.807, 2.05) is 30.3 Å². The Bertz CT molecular complexity index is 948. The zero-order valence-electron chi connectivity index (χ0n) is 15.8. The highest BCUT2D eigenvalue weighted by Gasteiger charge is 2.23. The minimum absolute atomic E-state index is 0.625. The lowest BCUT2D eigenvalue weighted by atomic mass is 10.0. The quantitative estimate of drug-likeness (QED) is 0.426. The molecule has 1 aliphatic heterocycles. The van der Waals surface area contributed by atoms with E-state index < -0.39 is 0 Å². The summed E-state index contributed by atoms with van der Waals surface area (Å²) < 4.78 is 17.5. The van der Waals surface area contributed by atoms with Crippen LogP contribution < -0.4 is 9.47 Å². The van der Waals surface area contributed by atoms with Crippen LogP contribution in [0.4, 0.5) is 0 Å². The topological polar surface area (TPSA) is 30.9 Å². The first kappa shape index (κ1) is 18.0. The zero-order chi connectivity index (χ0) is 18.8. The molecule has 4 nitrogen and oxygen atoms in total. The number of nitrogens with zero attached hydrogens (tertiary/aromatic N) is 1. The molecule has 0 spiro atoms. The van der Waals surface area contributed by atoms with Gasteiger partial charge in [0.2, 0.25) is 0 Å². The maximum Gasteiger partial charge on any atom is 0.139 e. The van der Waals surface area contributed by atoms with E-state index in [1.165, 1.54) is 15.3 Å². The monoisotopic (exact) mass is 381 g/mol. The molecule has 140 valence electrons. The molecule has 0 fully saturated rings. The van der Waals surface area contributed by atoms with E-state index in [9.17, 15) is 0 Å². The van der Waals surface area contributed by atoms with Gasteiger partial charge in [0.15, 0.2) is 0 Å². The highest BCUT2D eigenvalue weighted by atomic mass is 32.1. The molecule has 3 aromatic rings. The van der Waals surface area contributed by atoms with Crippen molar-refractivity contribution in [3.05, 3.63) is 53.4 Å². The number of ether oxygens (including phenoxy) is 3. The second kappa shape index (κ2) is 7.72. The van der Waals surface area contributed by atoms with Crippen LogP contribution in [-0.4, -0.2) is 39.3 Å².